The van der Waals surface area contributed by atoms with Gasteiger partial charge in [-0.2, -0.15) is 4.98 Å². The van der Waals surface area contributed by atoms with Crippen LogP contribution in [0.15, 0.2) is 49.2 Å². The van der Waals surface area contributed by atoms with E-state index in [2.05, 4.69) is 19.9 Å². The van der Waals surface area contributed by atoms with Crippen molar-refractivity contribution in [3.05, 3.63) is 54.7 Å². The second-order valence-corrected chi connectivity index (χ2v) is 6.18. The topological polar surface area (TPSA) is 175 Å². The van der Waals surface area contributed by atoms with E-state index in [1.54, 1.807) is 43.0 Å². The van der Waals surface area contributed by atoms with E-state index in [0.717, 1.165) is 11.1 Å². The Morgan fingerprint density at radius 3 is 2.35 bits per heavy atom. The van der Waals surface area contributed by atoms with Crippen LogP contribution in [-0.4, -0.2) is 54.5 Å². The Hall–Kier alpha value is -4.12. The number of aromatic hydroxyl groups is 1. The lowest BCUT2D eigenvalue weighted by Gasteiger charge is -2.19. The van der Waals surface area contributed by atoms with Gasteiger partial charge in [-0.15, -0.1) is 0 Å². The van der Waals surface area contributed by atoms with Gasteiger partial charge in [-0.25, -0.2) is 14.8 Å². The number of hydrogen-bond donors (Lipinski definition) is 4. The van der Waals surface area contributed by atoms with Crippen LogP contribution in [0.5, 0.6) is 5.88 Å². The molecule has 0 aliphatic rings. The Balaban J connectivity index is 0.000000597. The number of imide groups is 1. The normalized spacial score (nSPS) is 10.0. The van der Waals surface area contributed by atoms with Gasteiger partial charge in [0.1, 0.15) is 5.56 Å². The predicted octanol–water partition coefficient (Wildman–Crippen LogP) is 1.58. The number of aromatic nitrogens is 4. The molecule has 0 aliphatic heterocycles. The average molecular weight is 426 g/mol. The third-order valence-electron chi connectivity index (χ3n) is 3.95. The van der Waals surface area contributed by atoms with Gasteiger partial charge in [0, 0.05) is 37.5 Å². The lowest BCUT2D eigenvalue weighted by atomic mass is 10.1. The van der Waals surface area contributed by atoms with Crippen molar-refractivity contribution in [2.45, 2.75) is 19.8 Å². The van der Waals surface area contributed by atoms with Crippen LogP contribution in [0.25, 0.3) is 11.4 Å². The van der Waals surface area contributed by atoms with E-state index in [0.29, 0.717) is 24.2 Å². The maximum absolute atomic E-state index is 12.2. The number of aromatic amines is 1. The first-order chi connectivity index (χ1) is 14.8. The molecule has 3 aromatic rings. The van der Waals surface area contributed by atoms with E-state index in [1.807, 2.05) is 0 Å². The highest BCUT2D eigenvalue weighted by atomic mass is 16.4. The predicted molar refractivity (Wildman–Crippen MR) is 111 cm³/mol. The van der Waals surface area contributed by atoms with Crippen molar-refractivity contribution in [1.29, 1.82) is 0 Å². The highest BCUT2D eigenvalue weighted by molar-refractivity contribution is 6.14. The van der Waals surface area contributed by atoms with Crippen LogP contribution in [0, 0.1) is 0 Å². The van der Waals surface area contributed by atoms with Crippen LogP contribution < -0.4 is 10.6 Å². The number of nitrogens with zero attached hydrogens (tertiary/aromatic N) is 4. The third kappa shape index (κ3) is 6.44. The molecule has 11 nitrogen and oxygen atoms in total. The number of carbonyl (C=O) groups excluding carboxylic acids is 2. The molecule has 0 spiro atoms. The second-order valence-electron chi connectivity index (χ2n) is 6.18. The fourth-order valence-corrected chi connectivity index (χ4v) is 2.50. The molecule has 0 aliphatic carbocycles. The number of nitrogens with one attached hydrogen (secondary N) is 1. The molecule has 2 heterocycles. The van der Waals surface area contributed by atoms with E-state index in [4.69, 9.17) is 10.8 Å². The van der Waals surface area contributed by atoms with E-state index in [1.165, 1.54) is 6.92 Å². The molecule has 1 aromatic carbocycles. The fraction of sp³-hybridized carbons (Fsp3) is 0.200. The molecule has 2 aromatic heterocycles. The molecule has 11 heteroatoms. The summed E-state index contributed by atoms with van der Waals surface area (Å²) in [6.45, 7) is 1.64. The van der Waals surface area contributed by atoms with Crippen LogP contribution in [0.2, 0.25) is 0 Å². The van der Waals surface area contributed by atoms with Gasteiger partial charge in [0.05, 0.1) is 12.0 Å². The van der Waals surface area contributed by atoms with Crippen molar-refractivity contribution in [1.82, 2.24) is 19.9 Å². The molecule has 0 bridgehead atoms. The molecule has 0 unspecified atom stereocenters. The van der Waals surface area contributed by atoms with Crippen LogP contribution in [0.1, 0.15) is 30.1 Å². The number of rotatable bonds is 6. The minimum absolute atomic E-state index is 0.114. The molecule has 0 atom stereocenters. The molecular weight excluding hydrogens is 404 g/mol. The van der Waals surface area contributed by atoms with Crippen molar-refractivity contribution >= 4 is 23.5 Å². The Morgan fingerprint density at radius 1 is 1.19 bits per heavy atom. The molecule has 0 fully saturated rings. The maximum Gasteiger partial charge on any atom is 0.342 e. The number of imidazole rings is 1. The number of anilines is 1. The van der Waals surface area contributed by atoms with E-state index < -0.39 is 23.3 Å². The SMILES string of the molecule is CC(=O)N(C(=O)CCCN)c1ccc(-c2ncc(C(=O)O)c(O)n2)cc1.c1c[nH]cn1. The summed E-state index contributed by atoms with van der Waals surface area (Å²) >= 11 is 0. The van der Waals surface area contributed by atoms with E-state index >= 15 is 0 Å². The summed E-state index contributed by atoms with van der Waals surface area (Å²) in [4.78, 5) is 50.0. The molecule has 31 heavy (non-hydrogen) atoms. The number of amides is 2. The summed E-state index contributed by atoms with van der Waals surface area (Å²) in [6, 6.07) is 6.22. The van der Waals surface area contributed by atoms with E-state index in [9.17, 15) is 19.5 Å². The highest BCUT2D eigenvalue weighted by Crippen LogP contribution is 2.24. The van der Waals surface area contributed by atoms with Crippen LogP contribution in [0.4, 0.5) is 5.69 Å². The number of nitrogens with two attached hydrogens (primary N) is 1. The fourth-order valence-electron chi connectivity index (χ4n) is 2.50. The lowest BCUT2D eigenvalue weighted by molar-refractivity contribution is -0.125. The van der Waals surface area contributed by atoms with Crippen molar-refractivity contribution in [2.24, 2.45) is 5.73 Å². The first-order valence-electron chi connectivity index (χ1n) is 9.21. The van der Waals surface area contributed by atoms with Gasteiger partial charge in [0.25, 0.3) is 0 Å². The molecule has 5 N–H and O–H groups in total. The summed E-state index contributed by atoms with van der Waals surface area (Å²) in [7, 11) is 0. The minimum atomic E-state index is -1.34. The number of carboxylic acid groups (broad SMARTS) is 1. The molecular formula is C20H22N6O5. The minimum Gasteiger partial charge on any atom is -0.493 e. The standard InChI is InChI=1S/C17H18N4O5.C3H4N2/c1-10(22)21(14(23)3-2-8-18)12-6-4-11(5-7-12)15-19-9-13(17(25)26)16(24)20-15;1-2-5-3-4-1/h4-7,9H,2-3,8,18H2,1H3,(H,25,26)(H,19,20,24);1-3H,(H,4,5). The monoisotopic (exact) mass is 426 g/mol. The van der Waals surface area contributed by atoms with Crippen molar-refractivity contribution in [3.63, 3.8) is 0 Å². The van der Waals surface area contributed by atoms with Crippen molar-refractivity contribution in [2.75, 3.05) is 11.4 Å². The molecule has 3 rings (SSSR count). The van der Waals surface area contributed by atoms with E-state index in [-0.39, 0.29) is 18.2 Å². The van der Waals surface area contributed by atoms with Gasteiger partial charge in [-0.05, 0) is 37.2 Å². The smallest absolute Gasteiger partial charge is 0.342 e. The summed E-state index contributed by atoms with van der Waals surface area (Å²) in [6.07, 6.45) is 6.72. The largest absolute Gasteiger partial charge is 0.493 e. The Labute approximate surface area is 177 Å². The van der Waals surface area contributed by atoms with Gasteiger partial charge < -0.3 is 20.9 Å². The molecule has 162 valence electrons. The lowest BCUT2D eigenvalue weighted by Crippen LogP contribution is -2.35. The summed E-state index contributed by atoms with van der Waals surface area (Å²) in [5, 5.41) is 18.5. The molecule has 0 radical (unpaired) electrons. The number of hydrogen-bond acceptors (Lipinski definition) is 8. The van der Waals surface area contributed by atoms with Crippen LogP contribution in [-0.2, 0) is 9.59 Å². The first kappa shape index (κ1) is 23.2. The van der Waals surface area contributed by atoms with Gasteiger partial charge in [0.2, 0.25) is 17.7 Å². The number of carboxylic acids is 1. The van der Waals surface area contributed by atoms with Crippen LogP contribution in [0.3, 0.4) is 0 Å². The Morgan fingerprint density at radius 2 is 1.90 bits per heavy atom. The number of H-pyrrole nitrogens is 1. The number of benzene rings is 1. The number of aromatic carboxylic acids is 1. The zero-order chi connectivity index (χ0) is 22.8. The maximum atomic E-state index is 12.2. The van der Waals surface area contributed by atoms with Gasteiger partial charge in [-0.1, -0.05) is 0 Å². The number of carbonyl (C=O) groups is 3. The zero-order valence-electron chi connectivity index (χ0n) is 16.7. The average Bonchev–Trinajstić information content (AvgIpc) is 3.32. The van der Waals surface area contributed by atoms with Gasteiger partial charge in [0.15, 0.2) is 5.82 Å². The van der Waals surface area contributed by atoms with Gasteiger partial charge >= 0.3 is 5.97 Å². The van der Waals surface area contributed by atoms with Crippen molar-refractivity contribution in [3.8, 4) is 17.3 Å². The quantitative estimate of drug-likeness (QED) is 0.456. The summed E-state index contributed by atoms with van der Waals surface area (Å²) in [5.74, 6) is -2.64. The molecule has 0 saturated carbocycles. The third-order valence-corrected chi connectivity index (χ3v) is 3.95. The molecule has 0 saturated heterocycles. The van der Waals surface area contributed by atoms with Crippen LogP contribution >= 0.6 is 0 Å². The summed E-state index contributed by atoms with van der Waals surface area (Å²) in [5.41, 5.74) is 5.86. The summed E-state index contributed by atoms with van der Waals surface area (Å²) < 4.78 is 0. The Kier molecular flexibility index (Phi) is 8.34. The molecule has 2 amide bonds. The zero-order valence-corrected chi connectivity index (χ0v) is 16.7. The first-order valence-corrected chi connectivity index (χ1v) is 9.21. The second kappa shape index (κ2) is 11.2. The van der Waals surface area contributed by atoms with Crippen molar-refractivity contribution < 1.29 is 24.6 Å². The highest BCUT2D eigenvalue weighted by Gasteiger charge is 2.20. The Bertz CT molecular complexity index is 1000. The van der Waals surface area contributed by atoms with Gasteiger partial charge in [-0.3, -0.25) is 14.5 Å².